The van der Waals surface area contributed by atoms with E-state index in [9.17, 15) is 0 Å². The summed E-state index contributed by atoms with van der Waals surface area (Å²) in [5.41, 5.74) is 3.52. The standard InChI is InChI=1S/C18H24N2S/c1-13(15-6-4-3-5-7-15)19-17-10-8-16(9-11-17)18-12-21-14(2)20-18/h8-13,15,19H,3-7H2,1-2H3. The number of aryl methyl sites for hydroxylation is 1. The van der Waals surface area contributed by atoms with Crippen molar-refractivity contribution in [1.29, 1.82) is 0 Å². The van der Waals surface area contributed by atoms with Crippen LogP contribution < -0.4 is 5.32 Å². The average Bonchev–Trinajstić information content (AvgIpc) is 2.95. The van der Waals surface area contributed by atoms with Crippen LogP contribution in [-0.2, 0) is 0 Å². The minimum Gasteiger partial charge on any atom is -0.382 e. The fourth-order valence-corrected chi connectivity index (χ4v) is 3.87. The molecular formula is C18H24N2S. The van der Waals surface area contributed by atoms with Crippen LogP contribution in [0.1, 0.15) is 44.0 Å². The molecule has 1 fully saturated rings. The average molecular weight is 300 g/mol. The summed E-state index contributed by atoms with van der Waals surface area (Å²) in [5.74, 6) is 0.833. The van der Waals surface area contributed by atoms with Gasteiger partial charge in [-0.2, -0.15) is 0 Å². The molecular weight excluding hydrogens is 276 g/mol. The van der Waals surface area contributed by atoms with Crippen LogP contribution in [0.3, 0.4) is 0 Å². The van der Waals surface area contributed by atoms with E-state index in [4.69, 9.17) is 0 Å². The molecule has 1 N–H and O–H groups in total. The molecule has 0 spiro atoms. The maximum atomic E-state index is 4.54. The van der Waals surface area contributed by atoms with E-state index in [-0.39, 0.29) is 0 Å². The molecule has 112 valence electrons. The van der Waals surface area contributed by atoms with Crippen molar-refractivity contribution in [3.63, 3.8) is 0 Å². The van der Waals surface area contributed by atoms with E-state index in [0.29, 0.717) is 6.04 Å². The summed E-state index contributed by atoms with van der Waals surface area (Å²) in [6, 6.07) is 9.28. The van der Waals surface area contributed by atoms with Gasteiger partial charge in [-0.3, -0.25) is 0 Å². The minimum atomic E-state index is 0.567. The molecule has 21 heavy (non-hydrogen) atoms. The third-order valence-corrected chi connectivity index (χ3v) is 5.32. The Kier molecular flexibility index (Phi) is 4.59. The van der Waals surface area contributed by atoms with E-state index in [1.165, 1.54) is 43.4 Å². The quantitative estimate of drug-likeness (QED) is 0.806. The Morgan fingerprint density at radius 2 is 1.86 bits per heavy atom. The van der Waals surface area contributed by atoms with Crippen LogP contribution in [0.5, 0.6) is 0 Å². The molecule has 1 aliphatic carbocycles. The summed E-state index contributed by atoms with van der Waals surface area (Å²) < 4.78 is 0. The normalized spacial score (nSPS) is 17.6. The third-order valence-electron chi connectivity index (χ3n) is 4.55. The maximum absolute atomic E-state index is 4.54. The van der Waals surface area contributed by atoms with E-state index in [1.54, 1.807) is 11.3 Å². The van der Waals surface area contributed by atoms with Crippen molar-refractivity contribution in [3.05, 3.63) is 34.7 Å². The summed E-state index contributed by atoms with van der Waals surface area (Å²) in [5, 5.41) is 6.93. The molecule has 1 heterocycles. The van der Waals surface area contributed by atoms with Crippen LogP contribution in [0.4, 0.5) is 5.69 Å². The first-order chi connectivity index (χ1) is 10.2. The smallest absolute Gasteiger partial charge is 0.0901 e. The van der Waals surface area contributed by atoms with E-state index in [0.717, 1.165) is 16.6 Å². The van der Waals surface area contributed by atoms with Crippen molar-refractivity contribution in [2.45, 2.75) is 52.0 Å². The molecule has 1 aromatic carbocycles. The van der Waals surface area contributed by atoms with Crippen LogP contribution in [0.25, 0.3) is 11.3 Å². The van der Waals surface area contributed by atoms with Gasteiger partial charge in [0.1, 0.15) is 0 Å². The maximum Gasteiger partial charge on any atom is 0.0901 e. The molecule has 1 aliphatic rings. The number of anilines is 1. The van der Waals surface area contributed by atoms with Crippen LogP contribution in [0.15, 0.2) is 29.6 Å². The van der Waals surface area contributed by atoms with Crippen LogP contribution >= 0.6 is 11.3 Å². The molecule has 1 saturated carbocycles. The second-order valence-electron chi connectivity index (χ2n) is 6.16. The lowest BCUT2D eigenvalue weighted by molar-refractivity contribution is 0.328. The van der Waals surface area contributed by atoms with E-state index < -0.39 is 0 Å². The second kappa shape index (κ2) is 6.61. The van der Waals surface area contributed by atoms with Crippen molar-refractivity contribution in [2.75, 3.05) is 5.32 Å². The number of hydrogen-bond acceptors (Lipinski definition) is 3. The van der Waals surface area contributed by atoms with Gasteiger partial charge in [0.05, 0.1) is 10.7 Å². The van der Waals surface area contributed by atoms with Gasteiger partial charge in [-0.25, -0.2) is 4.98 Å². The number of nitrogens with zero attached hydrogens (tertiary/aromatic N) is 1. The highest BCUT2D eigenvalue weighted by molar-refractivity contribution is 7.09. The van der Waals surface area contributed by atoms with Gasteiger partial charge >= 0.3 is 0 Å². The van der Waals surface area contributed by atoms with Gasteiger partial charge in [0.15, 0.2) is 0 Å². The molecule has 0 radical (unpaired) electrons. The first-order valence-corrected chi connectivity index (χ1v) is 8.89. The van der Waals surface area contributed by atoms with Gasteiger partial charge in [-0.15, -0.1) is 11.3 Å². The summed E-state index contributed by atoms with van der Waals surface area (Å²) in [6.07, 6.45) is 6.98. The van der Waals surface area contributed by atoms with Crippen molar-refractivity contribution in [3.8, 4) is 11.3 Å². The zero-order valence-corrected chi connectivity index (χ0v) is 13.7. The first-order valence-electron chi connectivity index (χ1n) is 8.01. The van der Waals surface area contributed by atoms with Gasteiger partial charge in [0, 0.05) is 22.7 Å². The van der Waals surface area contributed by atoms with E-state index >= 15 is 0 Å². The van der Waals surface area contributed by atoms with Gasteiger partial charge in [0.25, 0.3) is 0 Å². The predicted molar refractivity (Wildman–Crippen MR) is 91.9 cm³/mol. The van der Waals surface area contributed by atoms with Gasteiger partial charge in [-0.05, 0) is 44.7 Å². The van der Waals surface area contributed by atoms with Crippen molar-refractivity contribution in [2.24, 2.45) is 5.92 Å². The number of rotatable bonds is 4. The Labute approximate surface area is 131 Å². The Morgan fingerprint density at radius 1 is 1.14 bits per heavy atom. The largest absolute Gasteiger partial charge is 0.382 e. The SMILES string of the molecule is Cc1nc(-c2ccc(NC(C)C3CCCCC3)cc2)cs1. The van der Waals surface area contributed by atoms with Crippen molar-refractivity contribution in [1.82, 2.24) is 4.98 Å². The highest BCUT2D eigenvalue weighted by atomic mass is 32.1. The highest BCUT2D eigenvalue weighted by Gasteiger charge is 2.19. The van der Waals surface area contributed by atoms with Crippen LogP contribution in [0.2, 0.25) is 0 Å². The Bertz CT molecular complexity index is 567. The Balaban J connectivity index is 1.64. The Morgan fingerprint density at radius 3 is 2.48 bits per heavy atom. The highest BCUT2D eigenvalue weighted by Crippen LogP contribution is 2.29. The third kappa shape index (κ3) is 3.65. The lowest BCUT2D eigenvalue weighted by atomic mass is 9.84. The number of benzene rings is 1. The zero-order chi connectivity index (χ0) is 14.7. The van der Waals surface area contributed by atoms with Gasteiger partial charge < -0.3 is 5.32 Å². The zero-order valence-electron chi connectivity index (χ0n) is 12.9. The molecule has 2 nitrogen and oxygen atoms in total. The van der Waals surface area contributed by atoms with Crippen molar-refractivity contribution >= 4 is 17.0 Å². The Hall–Kier alpha value is -1.35. The molecule has 2 aromatic rings. The molecule has 0 amide bonds. The van der Waals surface area contributed by atoms with E-state index in [1.807, 2.05) is 0 Å². The van der Waals surface area contributed by atoms with E-state index in [2.05, 4.69) is 53.8 Å². The molecule has 1 atom stereocenters. The monoisotopic (exact) mass is 300 g/mol. The molecule has 1 unspecified atom stereocenters. The molecule has 1 aromatic heterocycles. The minimum absolute atomic E-state index is 0.567. The topological polar surface area (TPSA) is 24.9 Å². The molecule has 3 rings (SSSR count). The number of nitrogens with one attached hydrogen (secondary N) is 1. The van der Waals surface area contributed by atoms with Gasteiger partial charge in [-0.1, -0.05) is 31.4 Å². The molecule has 0 bridgehead atoms. The fourth-order valence-electron chi connectivity index (χ4n) is 3.25. The number of hydrogen-bond donors (Lipinski definition) is 1. The molecule has 0 aliphatic heterocycles. The number of aromatic nitrogens is 1. The lowest BCUT2D eigenvalue weighted by Gasteiger charge is -2.29. The first kappa shape index (κ1) is 14.6. The number of thiazole rings is 1. The summed E-state index contributed by atoms with van der Waals surface area (Å²) >= 11 is 1.71. The predicted octanol–water partition coefficient (Wildman–Crippen LogP) is 5.50. The van der Waals surface area contributed by atoms with Crippen LogP contribution in [-0.4, -0.2) is 11.0 Å². The van der Waals surface area contributed by atoms with Crippen molar-refractivity contribution < 1.29 is 0 Å². The molecule has 0 saturated heterocycles. The summed E-state index contributed by atoms with van der Waals surface area (Å²) in [4.78, 5) is 4.54. The lowest BCUT2D eigenvalue weighted by Crippen LogP contribution is -2.27. The van der Waals surface area contributed by atoms with Gasteiger partial charge in [0.2, 0.25) is 0 Å². The summed E-state index contributed by atoms with van der Waals surface area (Å²) in [6.45, 7) is 4.38. The summed E-state index contributed by atoms with van der Waals surface area (Å²) in [7, 11) is 0. The van der Waals surface area contributed by atoms with Crippen LogP contribution in [0, 0.1) is 12.8 Å². The molecule has 3 heteroatoms. The fraction of sp³-hybridized carbons (Fsp3) is 0.500. The second-order valence-corrected chi connectivity index (χ2v) is 7.22.